The summed E-state index contributed by atoms with van der Waals surface area (Å²) in [6.45, 7) is 1.68. The molecule has 4 N–H and O–H groups in total. The molecule has 0 aliphatic carbocycles. The molecule has 2 rings (SSSR count). The second-order valence-corrected chi connectivity index (χ2v) is 3.28. The van der Waals surface area contributed by atoms with Gasteiger partial charge in [-0.1, -0.05) is 5.16 Å². The number of hydrogen-bond acceptors (Lipinski definition) is 5. The Kier molecular flexibility index (Phi) is 2.00. The summed E-state index contributed by atoms with van der Waals surface area (Å²) in [6, 6.07) is 4.61. The third-order valence-corrected chi connectivity index (χ3v) is 2.09. The van der Waals surface area contributed by atoms with Crippen LogP contribution in [0.1, 0.15) is 5.56 Å². The molecule has 78 valence electrons. The van der Waals surface area contributed by atoms with Gasteiger partial charge in [0.15, 0.2) is 23.1 Å². The molecule has 0 fully saturated rings. The van der Waals surface area contributed by atoms with E-state index in [9.17, 15) is 10.2 Å². The highest BCUT2D eigenvalue weighted by Crippen LogP contribution is 2.34. The minimum atomic E-state index is -0.194. The molecule has 0 atom stereocenters. The van der Waals surface area contributed by atoms with Crippen LogP contribution in [0.15, 0.2) is 22.7 Å². The van der Waals surface area contributed by atoms with Gasteiger partial charge in [0.2, 0.25) is 0 Å². The second-order valence-electron chi connectivity index (χ2n) is 3.28. The average molecular weight is 206 g/mol. The van der Waals surface area contributed by atoms with E-state index in [4.69, 9.17) is 10.3 Å². The number of hydrogen-bond donors (Lipinski definition) is 3. The number of rotatable bonds is 1. The van der Waals surface area contributed by atoms with E-state index in [-0.39, 0.29) is 17.3 Å². The van der Waals surface area contributed by atoms with Gasteiger partial charge in [0.05, 0.1) is 0 Å². The van der Waals surface area contributed by atoms with Crippen molar-refractivity contribution in [2.24, 2.45) is 0 Å². The molecule has 0 spiro atoms. The van der Waals surface area contributed by atoms with Crippen LogP contribution in [-0.4, -0.2) is 15.4 Å². The van der Waals surface area contributed by atoms with Gasteiger partial charge in [-0.2, -0.15) is 0 Å². The lowest BCUT2D eigenvalue weighted by Crippen LogP contribution is -1.81. The molecule has 0 saturated heterocycles. The molecule has 5 nitrogen and oxygen atoms in total. The van der Waals surface area contributed by atoms with Gasteiger partial charge in [0.25, 0.3) is 0 Å². The zero-order chi connectivity index (χ0) is 11.0. The highest BCUT2D eigenvalue weighted by Gasteiger charge is 2.10. The number of nitrogens with two attached hydrogens (primary N) is 1. The van der Waals surface area contributed by atoms with Crippen molar-refractivity contribution in [3.63, 3.8) is 0 Å². The summed E-state index contributed by atoms with van der Waals surface area (Å²) < 4.78 is 4.93. The van der Waals surface area contributed by atoms with Gasteiger partial charge in [0, 0.05) is 11.6 Å². The summed E-state index contributed by atoms with van der Waals surface area (Å²) in [6.07, 6.45) is 0. The van der Waals surface area contributed by atoms with Crippen molar-refractivity contribution in [2.45, 2.75) is 6.92 Å². The fourth-order valence-corrected chi connectivity index (χ4v) is 1.33. The summed E-state index contributed by atoms with van der Waals surface area (Å²) >= 11 is 0. The lowest BCUT2D eigenvalue weighted by atomic mass is 10.1. The van der Waals surface area contributed by atoms with E-state index in [0.29, 0.717) is 16.9 Å². The molecule has 1 aromatic carbocycles. The fraction of sp³-hybridized carbons (Fsp3) is 0.100. The minimum Gasteiger partial charge on any atom is -0.504 e. The van der Waals surface area contributed by atoms with Gasteiger partial charge in [0.1, 0.15) is 0 Å². The van der Waals surface area contributed by atoms with Crippen LogP contribution in [0.2, 0.25) is 0 Å². The average Bonchev–Trinajstić information content (AvgIpc) is 2.60. The molecule has 2 aromatic rings. The van der Waals surface area contributed by atoms with Crippen molar-refractivity contribution in [3.8, 4) is 22.8 Å². The Morgan fingerprint density at radius 1 is 1.27 bits per heavy atom. The molecule has 0 aliphatic heterocycles. The predicted molar refractivity (Wildman–Crippen MR) is 54.4 cm³/mol. The zero-order valence-corrected chi connectivity index (χ0v) is 8.06. The molecule has 0 unspecified atom stereocenters. The van der Waals surface area contributed by atoms with Gasteiger partial charge in [-0.3, -0.25) is 0 Å². The molecule has 0 amide bonds. The van der Waals surface area contributed by atoms with E-state index in [2.05, 4.69) is 5.16 Å². The Hall–Kier alpha value is -2.17. The number of aromatic nitrogens is 1. The maximum absolute atomic E-state index is 9.41. The molecule has 1 aromatic heterocycles. The van der Waals surface area contributed by atoms with Crippen molar-refractivity contribution >= 4 is 5.82 Å². The number of phenolic OH excluding ortho intramolecular Hbond substituents is 2. The SMILES string of the molecule is Cc1cc(-c2cc(N)no2)cc(O)c1O. The van der Waals surface area contributed by atoms with Crippen molar-refractivity contribution < 1.29 is 14.7 Å². The first-order valence-corrected chi connectivity index (χ1v) is 4.33. The zero-order valence-electron chi connectivity index (χ0n) is 8.06. The number of nitrogens with zero attached hydrogens (tertiary/aromatic N) is 1. The Balaban J connectivity index is 2.55. The third-order valence-electron chi connectivity index (χ3n) is 2.09. The van der Waals surface area contributed by atoms with Crippen molar-refractivity contribution in [1.82, 2.24) is 5.16 Å². The molecular formula is C10H10N2O3. The van der Waals surface area contributed by atoms with Gasteiger partial charge in [-0.25, -0.2) is 0 Å². The van der Waals surface area contributed by atoms with Gasteiger partial charge < -0.3 is 20.5 Å². The molecule has 5 heteroatoms. The first-order chi connectivity index (χ1) is 7.08. The summed E-state index contributed by atoms with van der Waals surface area (Å²) in [4.78, 5) is 0. The van der Waals surface area contributed by atoms with Crippen LogP contribution < -0.4 is 5.73 Å². The van der Waals surface area contributed by atoms with Crippen LogP contribution in [-0.2, 0) is 0 Å². The number of nitrogen functional groups attached to an aromatic ring is 1. The summed E-state index contributed by atoms with van der Waals surface area (Å²) in [5, 5.41) is 22.3. The third kappa shape index (κ3) is 1.59. The van der Waals surface area contributed by atoms with Gasteiger partial charge in [-0.05, 0) is 24.6 Å². The highest BCUT2D eigenvalue weighted by molar-refractivity contribution is 5.65. The maximum atomic E-state index is 9.41. The Morgan fingerprint density at radius 3 is 2.53 bits per heavy atom. The summed E-state index contributed by atoms with van der Waals surface area (Å²) in [5.41, 5.74) is 6.58. The Morgan fingerprint density at radius 2 is 2.00 bits per heavy atom. The molecular weight excluding hydrogens is 196 g/mol. The van der Waals surface area contributed by atoms with Crippen molar-refractivity contribution in [2.75, 3.05) is 5.73 Å². The van der Waals surface area contributed by atoms with E-state index in [0.717, 1.165) is 0 Å². The summed E-state index contributed by atoms with van der Waals surface area (Å²) in [5.74, 6) is 0.396. The van der Waals surface area contributed by atoms with Crippen LogP contribution in [0, 0.1) is 6.92 Å². The standard InChI is InChI=1S/C10H10N2O3/c1-5-2-6(3-7(13)10(5)14)8-4-9(11)12-15-8/h2-4,13-14H,1H3,(H2,11,12). The Bertz CT molecular complexity index is 482. The molecule has 15 heavy (non-hydrogen) atoms. The van der Waals surface area contributed by atoms with E-state index in [1.54, 1.807) is 19.1 Å². The molecule has 0 aliphatic rings. The Labute approximate surface area is 85.7 Å². The van der Waals surface area contributed by atoms with Crippen molar-refractivity contribution in [3.05, 3.63) is 23.8 Å². The lowest BCUT2D eigenvalue weighted by molar-refractivity contribution is 0.400. The highest BCUT2D eigenvalue weighted by atomic mass is 16.5. The number of phenols is 2. The number of aryl methyl sites for hydroxylation is 1. The van der Waals surface area contributed by atoms with Gasteiger partial charge in [-0.15, -0.1) is 0 Å². The normalized spacial score (nSPS) is 10.5. The number of anilines is 1. The van der Waals surface area contributed by atoms with Crippen LogP contribution in [0.25, 0.3) is 11.3 Å². The van der Waals surface area contributed by atoms with E-state index in [1.807, 2.05) is 0 Å². The van der Waals surface area contributed by atoms with Crippen molar-refractivity contribution in [1.29, 1.82) is 0 Å². The first kappa shape index (κ1) is 9.39. The quantitative estimate of drug-likeness (QED) is 0.617. The van der Waals surface area contributed by atoms with E-state index in [1.165, 1.54) is 6.07 Å². The van der Waals surface area contributed by atoms with Crippen LogP contribution in [0.4, 0.5) is 5.82 Å². The lowest BCUT2D eigenvalue weighted by Gasteiger charge is -2.03. The number of aromatic hydroxyl groups is 2. The van der Waals surface area contributed by atoms with E-state index >= 15 is 0 Å². The maximum Gasteiger partial charge on any atom is 0.169 e. The fourth-order valence-electron chi connectivity index (χ4n) is 1.33. The topological polar surface area (TPSA) is 92.5 Å². The monoisotopic (exact) mass is 206 g/mol. The minimum absolute atomic E-state index is 0.133. The van der Waals surface area contributed by atoms with Crippen LogP contribution >= 0.6 is 0 Å². The smallest absolute Gasteiger partial charge is 0.169 e. The van der Waals surface area contributed by atoms with Crippen LogP contribution in [0.5, 0.6) is 11.5 Å². The van der Waals surface area contributed by atoms with Crippen LogP contribution in [0.3, 0.4) is 0 Å². The largest absolute Gasteiger partial charge is 0.504 e. The van der Waals surface area contributed by atoms with Gasteiger partial charge >= 0.3 is 0 Å². The predicted octanol–water partition coefficient (Wildman–Crippen LogP) is 1.64. The number of benzene rings is 1. The molecule has 0 radical (unpaired) electrons. The molecule has 1 heterocycles. The second kappa shape index (κ2) is 3.20. The first-order valence-electron chi connectivity index (χ1n) is 4.33. The van der Waals surface area contributed by atoms with E-state index < -0.39 is 0 Å². The summed E-state index contributed by atoms with van der Waals surface area (Å²) in [7, 11) is 0. The molecule has 0 bridgehead atoms. The molecule has 0 saturated carbocycles.